The minimum absolute atomic E-state index is 0.225. The molecule has 0 aromatic carbocycles. The molecule has 1 saturated carbocycles. The summed E-state index contributed by atoms with van der Waals surface area (Å²) in [6.07, 6.45) is 5.83. The van der Waals surface area contributed by atoms with Crippen LogP contribution in [0.15, 0.2) is 0 Å². The number of hydrogen-bond donors (Lipinski definition) is 3. The Kier molecular flexibility index (Phi) is 5.23. The van der Waals surface area contributed by atoms with Gasteiger partial charge >= 0.3 is 12.0 Å². The Morgan fingerprint density at radius 2 is 2.00 bits per heavy atom. The van der Waals surface area contributed by atoms with Crippen molar-refractivity contribution in [1.82, 2.24) is 15.5 Å². The maximum Gasteiger partial charge on any atom is 0.315 e. The lowest BCUT2D eigenvalue weighted by Crippen LogP contribution is -2.50. The molecule has 0 radical (unpaired) electrons. The van der Waals surface area contributed by atoms with Gasteiger partial charge in [0, 0.05) is 18.6 Å². The summed E-state index contributed by atoms with van der Waals surface area (Å²) in [6, 6.07) is -0.0629. The number of likely N-dealkylation sites (N-methyl/N-ethyl adjacent to an activating group) is 1. The van der Waals surface area contributed by atoms with Gasteiger partial charge in [-0.15, -0.1) is 0 Å². The van der Waals surface area contributed by atoms with E-state index in [0.717, 1.165) is 25.8 Å². The quantitative estimate of drug-likeness (QED) is 0.719. The van der Waals surface area contributed by atoms with Gasteiger partial charge in [0.2, 0.25) is 0 Å². The molecule has 1 heterocycles. The highest BCUT2D eigenvalue weighted by atomic mass is 16.4. The molecule has 2 rings (SSSR count). The molecule has 6 nitrogen and oxygen atoms in total. The standard InChI is InChI=1S/C14H25N3O3/c1-17-8-3-2-5-10(17)9-15-14(20)16-12-7-4-6-11(12)13(18)19/h10-12H,2-9H2,1H3,(H,18,19)(H2,15,16,20). The Morgan fingerprint density at radius 1 is 1.20 bits per heavy atom. The van der Waals surface area contributed by atoms with E-state index in [4.69, 9.17) is 5.11 Å². The van der Waals surface area contributed by atoms with Gasteiger partial charge in [0.05, 0.1) is 5.92 Å². The predicted molar refractivity (Wildman–Crippen MR) is 75.6 cm³/mol. The SMILES string of the molecule is CN1CCCCC1CNC(=O)NC1CCCC1C(=O)O. The van der Waals surface area contributed by atoms with E-state index < -0.39 is 11.9 Å². The number of aliphatic carboxylic acids is 1. The fraction of sp³-hybridized carbons (Fsp3) is 0.857. The summed E-state index contributed by atoms with van der Waals surface area (Å²) in [5.74, 6) is -1.24. The molecule has 0 aromatic rings. The number of carbonyl (C=O) groups is 2. The summed E-state index contributed by atoms with van der Waals surface area (Å²) in [5.41, 5.74) is 0. The van der Waals surface area contributed by atoms with Gasteiger partial charge in [0.15, 0.2) is 0 Å². The number of nitrogens with one attached hydrogen (secondary N) is 2. The molecule has 3 N–H and O–H groups in total. The Hall–Kier alpha value is -1.30. The maximum absolute atomic E-state index is 11.9. The molecule has 0 aromatic heterocycles. The van der Waals surface area contributed by atoms with Crippen molar-refractivity contribution in [3.63, 3.8) is 0 Å². The zero-order valence-corrected chi connectivity index (χ0v) is 12.1. The minimum Gasteiger partial charge on any atom is -0.481 e. The van der Waals surface area contributed by atoms with E-state index in [-0.39, 0.29) is 12.1 Å². The topological polar surface area (TPSA) is 81.7 Å². The van der Waals surface area contributed by atoms with E-state index in [2.05, 4.69) is 22.6 Å². The number of piperidine rings is 1. The number of nitrogens with zero attached hydrogens (tertiary/aromatic N) is 1. The van der Waals surface area contributed by atoms with Crippen molar-refractivity contribution >= 4 is 12.0 Å². The zero-order chi connectivity index (χ0) is 14.5. The molecule has 3 unspecified atom stereocenters. The predicted octanol–water partition coefficient (Wildman–Crippen LogP) is 1.02. The molecular weight excluding hydrogens is 258 g/mol. The second-order valence-electron chi connectivity index (χ2n) is 5.97. The highest BCUT2D eigenvalue weighted by Gasteiger charge is 2.33. The summed E-state index contributed by atoms with van der Waals surface area (Å²) in [7, 11) is 2.08. The average Bonchev–Trinajstić information content (AvgIpc) is 2.86. The molecule has 20 heavy (non-hydrogen) atoms. The molecule has 3 atom stereocenters. The Bertz CT molecular complexity index is 362. The lowest BCUT2D eigenvalue weighted by molar-refractivity contribution is -0.142. The molecule has 2 amide bonds. The first-order valence-corrected chi connectivity index (χ1v) is 7.55. The summed E-state index contributed by atoms with van der Waals surface area (Å²) in [5, 5.41) is 14.8. The van der Waals surface area contributed by atoms with Crippen LogP contribution in [0.1, 0.15) is 38.5 Å². The van der Waals surface area contributed by atoms with Crippen LogP contribution in [0.5, 0.6) is 0 Å². The van der Waals surface area contributed by atoms with Crippen molar-refractivity contribution in [2.75, 3.05) is 20.1 Å². The fourth-order valence-corrected chi connectivity index (χ4v) is 3.26. The van der Waals surface area contributed by atoms with Crippen molar-refractivity contribution < 1.29 is 14.7 Å². The number of urea groups is 1. The first-order valence-electron chi connectivity index (χ1n) is 7.55. The van der Waals surface area contributed by atoms with Gasteiger partial charge in [-0.2, -0.15) is 0 Å². The molecule has 1 aliphatic heterocycles. The Balaban J connectivity index is 1.73. The van der Waals surface area contributed by atoms with Gasteiger partial charge in [-0.1, -0.05) is 12.8 Å². The second kappa shape index (κ2) is 6.92. The van der Waals surface area contributed by atoms with Gasteiger partial charge in [-0.3, -0.25) is 4.79 Å². The van der Waals surface area contributed by atoms with E-state index in [9.17, 15) is 9.59 Å². The van der Waals surface area contributed by atoms with Crippen LogP contribution < -0.4 is 10.6 Å². The van der Waals surface area contributed by atoms with Crippen molar-refractivity contribution in [1.29, 1.82) is 0 Å². The number of likely N-dealkylation sites (tertiary alicyclic amines) is 1. The fourth-order valence-electron chi connectivity index (χ4n) is 3.26. The Morgan fingerprint density at radius 3 is 2.70 bits per heavy atom. The number of carbonyl (C=O) groups excluding carboxylic acids is 1. The number of amides is 2. The Labute approximate surface area is 119 Å². The van der Waals surface area contributed by atoms with Gasteiger partial charge in [0.25, 0.3) is 0 Å². The second-order valence-corrected chi connectivity index (χ2v) is 5.97. The molecule has 114 valence electrons. The van der Waals surface area contributed by atoms with Crippen molar-refractivity contribution in [2.24, 2.45) is 5.92 Å². The monoisotopic (exact) mass is 283 g/mol. The molecule has 2 aliphatic rings. The lowest BCUT2D eigenvalue weighted by atomic mass is 10.0. The molecule has 6 heteroatoms. The van der Waals surface area contributed by atoms with E-state index in [1.807, 2.05) is 0 Å². The van der Waals surface area contributed by atoms with Crippen molar-refractivity contribution in [3.8, 4) is 0 Å². The van der Waals surface area contributed by atoms with Crippen LogP contribution in [0.2, 0.25) is 0 Å². The van der Waals surface area contributed by atoms with E-state index in [1.54, 1.807) is 0 Å². The van der Waals surface area contributed by atoms with Crippen LogP contribution in [0, 0.1) is 5.92 Å². The maximum atomic E-state index is 11.9. The third-order valence-electron chi connectivity index (χ3n) is 4.57. The number of carboxylic acids is 1. The van der Waals surface area contributed by atoms with Crippen LogP contribution in [0.3, 0.4) is 0 Å². The highest BCUT2D eigenvalue weighted by Crippen LogP contribution is 2.25. The summed E-state index contributed by atoms with van der Waals surface area (Å²) < 4.78 is 0. The first-order chi connectivity index (χ1) is 9.58. The normalized spacial score (nSPS) is 30.9. The van der Waals surface area contributed by atoms with E-state index in [1.165, 1.54) is 12.8 Å². The van der Waals surface area contributed by atoms with Gasteiger partial charge in [0.1, 0.15) is 0 Å². The molecule has 0 spiro atoms. The number of carboxylic acid groups (broad SMARTS) is 1. The smallest absolute Gasteiger partial charge is 0.315 e. The van der Waals surface area contributed by atoms with Crippen LogP contribution in [-0.2, 0) is 4.79 Å². The van der Waals surface area contributed by atoms with Gasteiger partial charge in [-0.25, -0.2) is 4.79 Å². The largest absolute Gasteiger partial charge is 0.481 e. The van der Waals surface area contributed by atoms with E-state index in [0.29, 0.717) is 19.0 Å². The molecule has 2 fully saturated rings. The molecule has 0 bridgehead atoms. The number of rotatable bonds is 4. The zero-order valence-electron chi connectivity index (χ0n) is 12.1. The summed E-state index contributed by atoms with van der Waals surface area (Å²) >= 11 is 0. The third kappa shape index (κ3) is 3.85. The number of hydrogen-bond acceptors (Lipinski definition) is 3. The van der Waals surface area contributed by atoms with E-state index >= 15 is 0 Å². The minimum atomic E-state index is -0.806. The third-order valence-corrected chi connectivity index (χ3v) is 4.57. The van der Waals surface area contributed by atoms with Crippen LogP contribution >= 0.6 is 0 Å². The summed E-state index contributed by atoms with van der Waals surface area (Å²) in [4.78, 5) is 25.2. The van der Waals surface area contributed by atoms with Crippen LogP contribution in [0.4, 0.5) is 4.79 Å². The average molecular weight is 283 g/mol. The van der Waals surface area contributed by atoms with Crippen LogP contribution in [0.25, 0.3) is 0 Å². The lowest BCUT2D eigenvalue weighted by Gasteiger charge is -2.32. The first kappa shape index (κ1) is 15.1. The van der Waals surface area contributed by atoms with Crippen LogP contribution in [-0.4, -0.2) is 54.2 Å². The van der Waals surface area contributed by atoms with Gasteiger partial charge < -0.3 is 20.6 Å². The highest BCUT2D eigenvalue weighted by molar-refractivity contribution is 5.77. The molecule has 1 aliphatic carbocycles. The van der Waals surface area contributed by atoms with Crippen molar-refractivity contribution in [3.05, 3.63) is 0 Å². The summed E-state index contributed by atoms with van der Waals surface area (Å²) in [6.45, 7) is 1.71. The molecular formula is C14H25N3O3. The van der Waals surface area contributed by atoms with Crippen molar-refractivity contribution in [2.45, 2.75) is 50.6 Å². The van der Waals surface area contributed by atoms with Gasteiger partial charge in [-0.05, 0) is 39.3 Å². The molecule has 1 saturated heterocycles.